The summed E-state index contributed by atoms with van der Waals surface area (Å²) in [6.07, 6.45) is -1.24. The van der Waals surface area contributed by atoms with Crippen molar-refractivity contribution in [1.82, 2.24) is 15.2 Å². The molecule has 0 radical (unpaired) electrons. The maximum absolute atomic E-state index is 13.0. The molecule has 2 atom stereocenters. The second kappa shape index (κ2) is 13.0. The number of hydrogen-bond donors (Lipinski definition) is 7. The van der Waals surface area contributed by atoms with Gasteiger partial charge >= 0.3 is 27.1 Å². The van der Waals surface area contributed by atoms with Gasteiger partial charge in [0, 0.05) is 23.6 Å². The Morgan fingerprint density at radius 1 is 1.21 bits per heavy atom. The van der Waals surface area contributed by atoms with Crippen LogP contribution in [0, 0.1) is 0 Å². The molecule has 1 saturated heterocycles. The number of carboxylic acids is 1. The van der Waals surface area contributed by atoms with Crippen LogP contribution in [0.4, 0.5) is 5.13 Å². The van der Waals surface area contributed by atoms with Crippen LogP contribution < -0.4 is 10.6 Å². The van der Waals surface area contributed by atoms with Crippen molar-refractivity contribution in [3.05, 3.63) is 22.3 Å². The van der Waals surface area contributed by atoms with E-state index in [-0.39, 0.29) is 34.5 Å². The third-order valence-electron chi connectivity index (χ3n) is 5.52. The highest BCUT2D eigenvalue weighted by Gasteiger charge is 2.54. The number of fused-ring (bicyclic) bond motifs is 1. The fourth-order valence-electron chi connectivity index (χ4n) is 3.70. The van der Waals surface area contributed by atoms with Gasteiger partial charge in [-0.05, 0) is 0 Å². The van der Waals surface area contributed by atoms with E-state index >= 15 is 0 Å². The maximum Gasteiger partial charge on any atom is 0.352 e. The van der Waals surface area contributed by atoms with Crippen molar-refractivity contribution < 1.29 is 67.4 Å². The molecule has 2 aliphatic rings. The van der Waals surface area contributed by atoms with Crippen LogP contribution in [0.2, 0.25) is 0 Å². The zero-order valence-corrected chi connectivity index (χ0v) is 24.8. The first kappa shape index (κ1) is 33.3. The van der Waals surface area contributed by atoms with Crippen molar-refractivity contribution in [2.24, 2.45) is 5.16 Å². The molecular weight excluding hydrogens is 648 g/mol. The topological polar surface area (TPSA) is 292 Å². The normalized spacial score (nSPS) is 19.2. The number of oxime groups is 1. The smallest absolute Gasteiger partial charge is 0.352 e. The number of thiazole rings is 1. The number of thioether (sulfide) groups is 1. The number of hydrogen-bond acceptors (Lipinski definition) is 13. The molecule has 0 aliphatic carbocycles. The van der Waals surface area contributed by atoms with Crippen LogP contribution in [0.1, 0.15) is 19.0 Å². The number of ether oxygens (including phenoxy) is 1. The van der Waals surface area contributed by atoms with Crippen molar-refractivity contribution in [1.29, 1.82) is 0 Å². The van der Waals surface area contributed by atoms with Crippen molar-refractivity contribution in [3.63, 3.8) is 0 Å². The van der Waals surface area contributed by atoms with Crippen LogP contribution in [0.3, 0.4) is 0 Å². The van der Waals surface area contributed by atoms with Crippen LogP contribution >= 0.6 is 38.3 Å². The van der Waals surface area contributed by atoms with E-state index in [1.165, 1.54) is 5.38 Å². The number of aromatic nitrogens is 1. The summed E-state index contributed by atoms with van der Waals surface area (Å²) in [7, 11) is -9.60. The molecule has 19 nitrogen and oxygen atoms in total. The van der Waals surface area contributed by atoms with Gasteiger partial charge in [-0.25, -0.2) is 9.78 Å². The van der Waals surface area contributed by atoms with Crippen molar-refractivity contribution >= 4 is 78.8 Å². The van der Waals surface area contributed by atoms with E-state index in [9.17, 15) is 57.8 Å². The summed E-state index contributed by atoms with van der Waals surface area (Å²) < 4.78 is 27.7. The Hall–Kier alpha value is -3.16. The van der Waals surface area contributed by atoms with Gasteiger partial charge in [0.1, 0.15) is 36.5 Å². The van der Waals surface area contributed by atoms with Gasteiger partial charge in [0.15, 0.2) is 16.2 Å². The van der Waals surface area contributed by atoms with Crippen LogP contribution in [-0.4, -0.2) is 106 Å². The number of nitrogens with one attached hydrogen (secondary N) is 2. The predicted octanol–water partition coefficient (Wildman–Crippen LogP) is -1.19. The van der Waals surface area contributed by atoms with Crippen LogP contribution in [-0.2, 0) is 42.7 Å². The first-order valence-corrected chi connectivity index (χ1v) is 16.6. The summed E-state index contributed by atoms with van der Waals surface area (Å²) in [6, 6.07) is -1.18. The van der Waals surface area contributed by atoms with Gasteiger partial charge in [-0.15, -0.1) is 23.1 Å². The summed E-state index contributed by atoms with van der Waals surface area (Å²) in [4.78, 5) is 107. The molecule has 1 aromatic heterocycles. The monoisotopic (exact) mass is 671 g/mol. The molecule has 42 heavy (non-hydrogen) atoms. The van der Waals surface area contributed by atoms with Crippen LogP contribution in [0.5, 0.6) is 0 Å². The molecular formula is C19H23N5O14P2S2. The van der Waals surface area contributed by atoms with Crippen molar-refractivity contribution in [2.45, 2.75) is 30.2 Å². The molecule has 0 unspecified atom stereocenters. The Kier molecular flexibility index (Phi) is 10.3. The molecule has 7 N–H and O–H groups in total. The average molecular weight is 671 g/mol. The number of nitrogens with zero attached hydrogens (tertiary/aromatic N) is 3. The van der Waals surface area contributed by atoms with E-state index in [2.05, 4.69) is 25.6 Å². The largest absolute Gasteiger partial charge is 0.477 e. The number of anilines is 1. The molecule has 1 aromatic rings. The minimum absolute atomic E-state index is 0.0920. The molecule has 230 valence electrons. The van der Waals surface area contributed by atoms with E-state index in [1.807, 2.05) is 0 Å². The number of carboxylic acid groups (broad SMARTS) is 1. The second-order valence-electron chi connectivity index (χ2n) is 8.47. The summed E-state index contributed by atoms with van der Waals surface area (Å²) in [5.74, 6) is -4.88. The predicted molar refractivity (Wildman–Crippen MR) is 143 cm³/mol. The van der Waals surface area contributed by atoms with Crippen molar-refractivity contribution in [3.8, 4) is 0 Å². The highest BCUT2D eigenvalue weighted by molar-refractivity contribution is 8.00. The number of carbonyl (C=O) groups is 5. The molecule has 3 rings (SSSR count). The summed E-state index contributed by atoms with van der Waals surface area (Å²) in [5.41, 5.74) is -0.801. The Bertz CT molecular complexity index is 1440. The van der Waals surface area contributed by atoms with Gasteiger partial charge in [0.2, 0.25) is 5.91 Å². The number of β-lactam (4-membered cyclic amide) rings is 1. The van der Waals surface area contributed by atoms with Gasteiger partial charge in [0.05, 0.1) is 6.42 Å². The minimum atomic E-state index is -5.35. The Labute approximate surface area is 243 Å². The molecule has 0 bridgehead atoms. The van der Waals surface area contributed by atoms with Gasteiger partial charge in [-0.3, -0.25) is 33.2 Å². The van der Waals surface area contributed by atoms with E-state index in [0.29, 0.717) is 0 Å². The van der Waals surface area contributed by atoms with Crippen LogP contribution in [0.25, 0.3) is 0 Å². The van der Waals surface area contributed by atoms with Gasteiger partial charge in [-0.1, -0.05) is 5.16 Å². The first-order chi connectivity index (χ1) is 19.4. The number of esters is 1. The quantitative estimate of drug-likeness (QED) is 0.0452. The van der Waals surface area contributed by atoms with E-state index in [0.717, 1.165) is 42.0 Å². The highest BCUT2D eigenvalue weighted by Crippen LogP contribution is 2.61. The fourth-order valence-corrected chi connectivity index (χ4v) is 8.11. The van der Waals surface area contributed by atoms with Gasteiger partial charge in [-0.2, -0.15) is 0 Å². The highest BCUT2D eigenvalue weighted by atomic mass is 32.2. The Balaban J connectivity index is 1.72. The Morgan fingerprint density at radius 2 is 1.86 bits per heavy atom. The molecule has 0 saturated carbocycles. The number of carbonyl (C=O) groups excluding carboxylic acids is 4. The molecule has 3 heterocycles. The van der Waals surface area contributed by atoms with E-state index in [1.54, 1.807) is 0 Å². The molecule has 1 fully saturated rings. The molecule has 2 aliphatic heterocycles. The summed E-state index contributed by atoms with van der Waals surface area (Å²) in [6.45, 7) is 0.816. The molecule has 3 amide bonds. The Morgan fingerprint density at radius 3 is 2.40 bits per heavy atom. The molecule has 23 heteroatoms. The minimum Gasteiger partial charge on any atom is -0.477 e. The number of rotatable bonds is 12. The van der Waals surface area contributed by atoms with Gasteiger partial charge in [0.25, 0.3) is 11.8 Å². The third kappa shape index (κ3) is 7.61. The lowest BCUT2D eigenvalue weighted by atomic mass is 10.0. The SMILES string of the molecule is CO/N=C(\C(=O)N[C@@H]1C(=O)N2C(C(=O)O)=C(COC(C)=O)CS[C@H]12)c1csc(NC(=O)CC(P(=O)(O)O)P(=O)(O)O)n1. The zero-order chi connectivity index (χ0) is 31.6. The summed E-state index contributed by atoms with van der Waals surface area (Å²) in [5, 5.41) is 15.4. The third-order valence-corrected chi connectivity index (χ3v) is 11.3. The second-order valence-corrected chi connectivity index (χ2v) is 14.4. The maximum atomic E-state index is 13.0. The van der Waals surface area contributed by atoms with E-state index < -0.39 is 73.8 Å². The molecule has 0 spiro atoms. The fraction of sp³-hybridized carbons (Fsp3) is 0.421. The summed E-state index contributed by atoms with van der Waals surface area (Å²) >= 11 is 1.85. The standard InChI is InChI=1S/C19H23N5O14P2S2/c1-7(25)38-4-8-5-41-17-13(16(28)24(17)14(8)18(29)30)22-15(27)12(23-37-2)9-6-42-19(20-9)21-10(26)3-11(39(31,32)33)40(34,35)36/h6,11,13,17H,3-5H2,1-2H3,(H,22,27)(H,29,30)(H,20,21,26)(H2,31,32,33)(H2,34,35,36)/b23-12-/t13-,17-/m1/s1. The zero-order valence-electron chi connectivity index (χ0n) is 21.4. The van der Waals surface area contributed by atoms with Crippen molar-refractivity contribution in [2.75, 3.05) is 24.8 Å². The number of amides is 3. The van der Waals surface area contributed by atoms with Crippen LogP contribution in [0.15, 0.2) is 21.8 Å². The average Bonchev–Trinajstić information content (AvgIpc) is 3.33. The van der Waals surface area contributed by atoms with Gasteiger partial charge < -0.3 is 44.9 Å². The number of aliphatic carboxylic acids is 1. The molecule has 0 aromatic carbocycles. The first-order valence-electron chi connectivity index (χ1n) is 11.3. The van der Waals surface area contributed by atoms with E-state index in [4.69, 9.17) is 4.74 Å². The lowest BCUT2D eigenvalue weighted by Crippen LogP contribution is -2.71. The lowest BCUT2D eigenvalue weighted by Gasteiger charge is -2.49. The lowest BCUT2D eigenvalue weighted by molar-refractivity contribution is -0.150.